The van der Waals surface area contributed by atoms with Gasteiger partial charge >= 0.3 is 13.3 Å². The Kier molecular flexibility index (Phi) is 13.8. The van der Waals surface area contributed by atoms with Crippen LogP contribution in [-0.2, 0) is 29.1 Å². The number of likely N-dealkylation sites (tertiary alicyclic amines) is 1. The van der Waals surface area contributed by atoms with E-state index in [2.05, 4.69) is 15.0 Å². The zero-order valence-electron chi connectivity index (χ0n) is 35.1. The standard InChI is InChI=1S/C46H48F2N5O7PS2/c1-45(2,3)44(57)62-24-23-59-61(58,60-34-19-16-32(49-4)17-20-34)46(47,48)31-15-22-39-30(25-31)26-40(63-39)41(54)51-36-14-10-9-13-33-18-21-38(53(33)42(36)55)43(56)52-27-35(37(28-52)50-5)29-11-7-6-8-12-29/h6-8,11-12,15-17,19-20,22,25-26,33,35-38H,9-10,13-14,18,21,23-24,27-28H2,1-3H3,(H,51,54)/t33-,35-,36-,37+,38-,61?/m0/s1. The maximum absolute atomic E-state index is 16.6. The number of nitrogens with one attached hydrogen (secondary N) is 1. The van der Waals surface area contributed by atoms with Gasteiger partial charge in [-0.3, -0.25) is 23.7 Å². The lowest BCUT2D eigenvalue weighted by atomic mass is 9.95. The molecule has 3 fully saturated rings. The summed E-state index contributed by atoms with van der Waals surface area (Å²) in [4.78, 5) is 65.5. The number of fused-ring (bicyclic) bond motifs is 2. The Balaban J connectivity index is 1.07. The second kappa shape index (κ2) is 18.9. The zero-order valence-corrected chi connectivity index (χ0v) is 37.7. The van der Waals surface area contributed by atoms with E-state index in [0.29, 0.717) is 36.9 Å². The minimum atomic E-state index is -5.36. The molecule has 12 nitrogen and oxygen atoms in total. The summed E-state index contributed by atoms with van der Waals surface area (Å²) >= 11 is 1.91. The molecule has 0 spiro atoms. The third-order valence-corrected chi connectivity index (χ3v) is 16.0. The maximum Gasteiger partial charge on any atom is 0.453 e. The number of hydrogen-bond donors (Lipinski definition) is 1. The van der Waals surface area contributed by atoms with Crippen LogP contribution in [0.2, 0.25) is 0 Å². The minimum Gasteiger partial charge on any atom is -0.420 e. The summed E-state index contributed by atoms with van der Waals surface area (Å²) in [6.45, 7) is 20.3. The van der Waals surface area contributed by atoms with E-state index in [0.717, 1.165) is 53.6 Å². The summed E-state index contributed by atoms with van der Waals surface area (Å²) in [5.41, 5.74) is -4.38. The van der Waals surface area contributed by atoms with Gasteiger partial charge in [-0.05, 0) is 67.0 Å². The summed E-state index contributed by atoms with van der Waals surface area (Å²) in [6, 6.07) is 17.7. The summed E-state index contributed by atoms with van der Waals surface area (Å²) in [5.74, 6) is -1.50. The van der Waals surface area contributed by atoms with Gasteiger partial charge in [-0.15, -0.1) is 11.3 Å². The highest BCUT2D eigenvalue weighted by molar-refractivity contribution is 8.13. The molecule has 4 aromatic rings. The Bertz CT molecular complexity index is 2500. The van der Waals surface area contributed by atoms with Gasteiger partial charge in [-0.25, -0.2) is 16.0 Å². The number of rotatable bonds is 12. The molecule has 0 saturated carbocycles. The van der Waals surface area contributed by atoms with E-state index in [9.17, 15) is 23.7 Å². The van der Waals surface area contributed by atoms with Crippen molar-refractivity contribution >= 4 is 69.3 Å². The van der Waals surface area contributed by atoms with Crippen LogP contribution in [0.1, 0.15) is 86.0 Å². The third-order valence-electron chi connectivity index (χ3n) is 11.7. The van der Waals surface area contributed by atoms with Crippen molar-refractivity contribution in [3.63, 3.8) is 0 Å². The number of thioether (sulfide) groups is 1. The number of nitrogens with zero attached hydrogens (tertiary/aromatic N) is 4. The van der Waals surface area contributed by atoms with E-state index >= 15 is 8.78 Å². The summed E-state index contributed by atoms with van der Waals surface area (Å²) in [6.07, 6.45) is 3.72. The summed E-state index contributed by atoms with van der Waals surface area (Å²) < 4.78 is 58.6. The largest absolute Gasteiger partial charge is 0.453 e. The van der Waals surface area contributed by atoms with Crippen LogP contribution in [0.15, 0.2) is 78.9 Å². The van der Waals surface area contributed by atoms with Crippen LogP contribution in [0.4, 0.5) is 14.5 Å². The Hall–Kier alpha value is -5.12. The van der Waals surface area contributed by atoms with Gasteiger partial charge in [0, 0.05) is 34.0 Å². The van der Waals surface area contributed by atoms with Crippen molar-refractivity contribution in [2.24, 2.45) is 5.41 Å². The first-order valence-electron chi connectivity index (χ1n) is 20.9. The first-order valence-corrected chi connectivity index (χ1v) is 24.2. The molecule has 3 aliphatic heterocycles. The number of halogens is 2. The van der Waals surface area contributed by atoms with Gasteiger partial charge in [-0.1, -0.05) is 93.9 Å². The van der Waals surface area contributed by atoms with Crippen LogP contribution in [0, 0.1) is 18.6 Å². The van der Waals surface area contributed by atoms with E-state index in [-0.39, 0.29) is 62.9 Å². The first kappa shape index (κ1) is 45.9. The van der Waals surface area contributed by atoms with Crippen molar-refractivity contribution in [2.45, 2.75) is 95.0 Å². The highest BCUT2D eigenvalue weighted by atomic mass is 32.2. The Morgan fingerprint density at radius 1 is 0.952 bits per heavy atom. The molecule has 0 aliphatic carbocycles. The number of carbonyl (C=O) groups excluding carboxylic acids is 4. The SMILES string of the molecule is [C-]#[N+]c1ccc(OP(=O)(OCCSC(=O)C(C)(C)C)C(F)(F)c2ccc3sc(C(=O)N[C@H]4CCCC[C@H]5CC[C@@H](C(=O)N6C[C@@H]([N+]#[C-])[C@H](c7ccccc7)C6)N5C4=O)cc3c2)cc1. The Morgan fingerprint density at radius 2 is 1.68 bits per heavy atom. The normalized spacial score (nSPS) is 22.6. The second-order valence-electron chi connectivity index (χ2n) is 17.1. The average Bonchev–Trinajstić information content (AvgIpc) is 4.02. The van der Waals surface area contributed by atoms with Crippen molar-refractivity contribution in [1.82, 2.24) is 15.1 Å². The van der Waals surface area contributed by atoms with Crippen molar-refractivity contribution in [3.8, 4) is 5.75 Å². The van der Waals surface area contributed by atoms with Crippen LogP contribution < -0.4 is 9.84 Å². The molecule has 4 heterocycles. The van der Waals surface area contributed by atoms with Gasteiger partial charge in [0.05, 0.1) is 30.5 Å². The van der Waals surface area contributed by atoms with Crippen LogP contribution in [0.25, 0.3) is 19.8 Å². The predicted octanol–water partition coefficient (Wildman–Crippen LogP) is 10.0. The summed E-state index contributed by atoms with van der Waals surface area (Å²) in [7, 11) is -5.36. The van der Waals surface area contributed by atoms with Gasteiger partial charge in [-0.2, -0.15) is 8.78 Å². The van der Waals surface area contributed by atoms with Gasteiger partial charge in [0.1, 0.15) is 17.8 Å². The zero-order chi connectivity index (χ0) is 45.1. The average molecular weight is 916 g/mol. The van der Waals surface area contributed by atoms with E-state index in [1.54, 1.807) is 30.6 Å². The molecule has 1 N–H and O–H groups in total. The van der Waals surface area contributed by atoms with Crippen LogP contribution >= 0.6 is 30.7 Å². The van der Waals surface area contributed by atoms with Crippen LogP contribution in [0.5, 0.6) is 5.75 Å². The van der Waals surface area contributed by atoms with Gasteiger partial charge in [0.2, 0.25) is 17.9 Å². The molecule has 6 atom stereocenters. The van der Waals surface area contributed by atoms with Gasteiger partial charge in [0.15, 0.2) is 10.8 Å². The third kappa shape index (κ3) is 9.85. The molecule has 0 radical (unpaired) electrons. The van der Waals surface area contributed by atoms with Crippen LogP contribution in [-0.4, -0.2) is 82.3 Å². The Morgan fingerprint density at radius 3 is 2.38 bits per heavy atom. The molecule has 3 aromatic carbocycles. The number of amides is 3. The number of alkyl halides is 2. The lowest BCUT2D eigenvalue weighted by molar-refractivity contribution is -0.146. The predicted molar refractivity (Wildman–Crippen MR) is 239 cm³/mol. The molecule has 3 aliphatic rings. The topological polar surface area (TPSA) is 131 Å². The fraction of sp³-hybridized carbons (Fsp3) is 0.435. The minimum absolute atomic E-state index is 0.0611. The molecular weight excluding hydrogens is 868 g/mol. The van der Waals surface area contributed by atoms with Crippen molar-refractivity contribution in [3.05, 3.63) is 118 Å². The lowest BCUT2D eigenvalue weighted by Gasteiger charge is -2.36. The lowest BCUT2D eigenvalue weighted by Crippen LogP contribution is -2.56. The molecule has 7 rings (SSSR count). The van der Waals surface area contributed by atoms with E-state index < -0.39 is 54.9 Å². The molecule has 1 aromatic heterocycles. The molecule has 1 unspecified atom stereocenters. The second-order valence-corrected chi connectivity index (χ2v) is 21.2. The van der Waals surface area contributed by atoms with Crippen LogP contribution in [0.3, 0.4) is 0 Å². The molecule has 63 heavy (non-hydrogen) atoms. The highest BCUT2D eigenvalue weighted by Gasteiger charge is 2.57. The smallest absolute Gasteiger partial charge is 0.420 e. The van der Waals surface area contributed by atoms with E-state index in [1.807, 2.05) is 30.3 Å². The van der Waals surface area contributed by atoms with E-state index in [1.165, 1.54) is 36.4 Å². The molecule has 0 bridgehead atoms. The molecule has 3 amide bonds. The fourth-order valence-corrected chi connectivity index (χ4v) is 11.7. The molecule has 330 valence electrons. The molecular formula is C46H48F2N5O7PS2. The number of carbonyl (C=O) groups is 4. The molecule has 17 heteroatoms. The number of hydrogen-bond acceptors (Lipinski definition) is 9. The summed E-state index contributed by atoms with van der Waals surface area (Å²) in [5, 5.41) is 2.95. The number of thiophene rings is 1. The Labute approximate surface area is 373 Å². The molecule has 3 saturated heterocycles. The van der Waals surface area contributed by atoms with Crippen molar-refractivity contribution in [2.75, 3.05) is 25.4 Å². The van der Waals surface area contributed by atoms with Crippen molar-refractivity contribution < 1.29 is 41.6 Å². The number of benzene rings is 3. The first-order chi connectivity index (χ1) is 30.0. The monoisotopic (exact) mass is 915 g/mol. The van der Waals surface area contributed by atoms with Gasteiger partial charge in [0.25, 0.3) is 5.91 Å². The van der Waals surface area contributed by atoms with Crippen molar-refractivity contribution in [1.29, 1.82) is 0 Å². The van der Waals surface area contributed by atoms with Gasteiger partial charge < -0.3 is 24.5 Å². The maximum atomic E-state index is 16.6. The quantitative estimate of drug-likeness (QED) is 0.0845. The van der Waals surface area contributed by atoms with E-state index in [4.69, 9.17) is 22.2 Å². The fourth-order valence-electron chi connectivity index (χ4n) is 8.37. The highest BCUT2D eigenvalue weighted by Crippen LogP contribution is 2.66.